The Morgan fingerprint density at radius 2 is 1.91 bits per heavy atom. The number of nitrogens with zero attached hydrogens (tertiary/aromatic N) is 5. The van der Waals surface area contributed by atoms with Crippen molar-refractivity contribution in [1.82, 2.24) is 25.1 Å². The van der Waals surface area contributed by atoms with E-state index in [4.69, 9.17) is 4.74 Å². The molecule has 0 radical (unpaired) electrons. The van der Waals surface area contributed by atoms with Crippen LogP contribution in [0.5, 0.6) is 5.75 Å². The van der Waals surface area contributed by atoms with Crippen molar-refractivity contribution in [1.29, 1.82) is 0 Å². The Morgan fingerprint density at radius 1 is 1.09 bits per heavy atom. The largest absolute Gasteiger partial charge is 0.492 e. The van der Waals surface area contributed by atoms with Gasteiger partial charge in [-0.05, 0) is 51.0 Å². The van der Waals surface area contributed by atoms with Gasteiger partial charge in [-0.3, -0.25) is 4.68 Å². The van der Waals surface area contributed by atoms with Crippen LogP contribution < -0.4 is 15.0 Å². The number of hydrogen-bond acceptors (Lipinski definition) is 7. The average molecular weight is 437 g/mol. The summed E-state index contributed by atoms with van der Waals surface area (Å²) in [5.41, 5.74) is 3.50. The SMILES string of the molecule is Cc1cc(N2CCC(O)(CNCc3ccc(OCCn4nc(C)cc4C)cc3)C2)ncn1. The minimum atomic E-state index is -0.759. The van der Waals surface area contributed by atoms with Gasteiger partial charge in [-0.25, -0.2) is 9.97 Å². The third-order valence-electron chi connectivity index (χ3n) is 5.83. The van der Waals surface area contributed by atoms with Crippen molar-refractivity contribution in [3.63, 3.8) is 0 Å². The van der Waals surface area contributed by atoms with Gasteiger partial charge < -0.3 is 20.1 Å². The molecule has 3 aromatic rings. The highest BCUT2D eigenvalue weighted by molar-refractivity contribution is 5.41. The van der Waals surface area contributed by atoms with E-state index >= 15 is 0 Å². The molecule has 8 heteroatoms. The van der Waals surface area contributed by atoms with Gasteiger partial charge in [-0.15, -0.1) is 0 Å². The van der Waals surface area contributed by atoms with Crippen molar-refractivity contribution in [3.8, 4) is 5.75 Å². The van der Waals surface area contributed by atoms with Crippen LogP contribution in [0.1, 0.15) is 29.1 Å². The zero-order chi connectivity index (χ0) is 22.6. The minimum Gasteiger partial charge on any atom is -0.492 e. The number of aryl methyl sites for hydroxylation is 3. The quantitative estimate of drug-likeness (QED) is 0.533. The van der Waals surface area contributed by atoms with Gasteiger partial charge in [0.25, 0.3) is 0 Å². The molecule has 1 saturated heterocycles. The van der Waals surface area contributed by atoms with Crippen molar-refractivity contribution in [3.05, 3.63) is 65.4 Å². The second-order valence-electron chi connectivity index (χ2n) is 8.66. The number of hydrogen-bond donors (Lipinski definition) is 2. The van der Waals surface area contributed by atoms with Gasteiger partial charge in [0, 0.05) is 43.6 Å². The monoisotopic (exact) mass is 436 g/mol. The minimum absolute atomic E-state index is 0.536. The van der Waals surface area contributed by atoms with Gasteiger partial charge in [0.1, 0.15) is 24.5 Å². The topological polar surface area (TPSA) is 88.3 Å². The van der Waals surface area contributed by atoms with E-state index in [0.717, 1.165) is 47.3 Å². The third kappa shape index (κ3) is 5.63. The molecule has 4 rings (SSSR count). The zero-order valence-electron chi connectivity index (χ0n) is 19.1. The summed E-state index contributed by atoms with van der Waals surface area (Å²) in [6, 6.07) is 12.1. The molecule has 0 spiro atoms. The van der Waals surface area contributed by atoms with Crippen molar-refractivity contribution in [2.45, 2.75) is 45.9 Å². The molecule has 0 amide bonds. The van der Waals surface area contributed by atoms with Crippen molar-refractivity contribution in [2.24, 2.45) is 0 Å². The van der Waals surface area contributed by atoms with Crippen LogP contribution in [0.2, 0.25) is 0 Å². The fourth-order valence-electron chi connectivity index (χ4n) is 4.10. The van der Waals surface area contributed by atoms with Gasteiger partial charge >= 0.3 is 0 Å². The van der Waals surface area contributed by atoms with Crippen LogP contribution in [0, 0.1) is 20.8 Å². The van der Waals surface area contributed by atoms with Gasteiger partial charge in [0.2, 0.25) is 0 Å². The number of benzene rings is 1. The highest BCUT2D eigenvalue weighted by Crippen LogP contribution is 2.25. The predicted octanol–water partition coefficient (Wildman–Crippen LogP) is 2.41. The molecule has 1 aromatic carbocycles. The maximum atomic E-state index is 11.0. The van der Waals surface area contributed by atoms with Crippen LogP contribution in [-0.2, 0) is 13.1 Å². The Labute approximate surface area is 189 Å². The number of nitrogens with one attached hydrogen (secondary N) is 1. The Hall–Kier alpha value is -2.97. The first kappa shape index (κ1) is 22.2. The van der Waals surface area contributed by atoms with Crippen LogP contribution in [-0.4, -0.2) is 56.7 Å². The molecular weight excluding hydrogens is 404 g/mol. The Bertz CT molecular complexity index is 1040. The first-order valence-electron chi connectivity index (χ1n) is 11.1. The number of aromatic nitrogens is 4. The summed E-state index contributed by atoms with van der Waals surface area (Å²) in [7, 11) is 0. The first-order chi connectivity index (χ1) is 15.4. The third-order valence-corrected chi connectivity index (χ3v) is 5.83. The molecule has 1 unspecified atom stereocenters. The second kappa shape index (κ2) is 9.67. The van der Waals surface area contributed by atoms with E-state index in [9.17, 15) is 5.11 Å². The lowest BCUT2D eigenvalue weighted by atomic mass is 10.0. The van der Waals surface area contributed by atoms with Gasteiger partial charge in [-0.1, -0.05) is 12.1 Å². The summed E-state index contributed by atoms with van der Waals surface area (Å²) < 4.78 is 7.82. The summed E-state index contributed by atoms with van der Waals surface area (Å²) in [6.07, 6.45) is 2.29. The molecule has 8 nitrogen and oxygen atoms in total. The average Bonchev–Trinajstić information content (AvgIpc) is 3.31. The lowest BCUT2D eigenvalue weighted by Gasteiger charge is -2.24. The van der Waals surface area contributed by atoms with Gasteiger partial charge in [0.05, 0.1) is 17.8 Å². The van der Waals surface area contributed by atoms with E-state index < -0.39 is 5.60 Å². The van der Waals surface area contributed by atoms with E-state index in [-0.39, 0.29) is 0 Å². The molecular formula is C24H32N6O2. The summed E-state index contributed by atoms with van der Waals surface area (Å²) in [5, 5.41) is 18.8. The fraction of sp³-hybridized carbons (Fsp3) is 0.458. The number of aliphatic hydroxyl groups is 1. The number of anilines is 1. The molecule has 1 fully saturated rings. The van der Waals surface area contributed by atoms with Gasteiger partial charge in [0.15, 0.2) is 0 Å². The highest BCUT2D eigenvalue weighted by atomic mass is 16.5. The van der Waals surface area contributed by atoms with E-state index in [0.29, 0.717) is 32.7 Å². The van der Waals surface area contributed by atoms with Crippen molar-refractivity contribution >= 4 is 5.82 Å². The fourth-order valence-corrected chi connectivity index (χ4v) is 4.10. The molecule has 1 aliphatic heterocycles. The molecule has 32 heavy (non-hydrogen) atoms. The molecule has 0 aliphatic carbocycles. The Morgan fingerprint density at radius 3 is 2.62 bits per heavy atom. The van der Waals surface area contributed by atoms with Crippen LogP contribution in [0.4, 0.5) is 5.82 Å². The lowest BCUT2D eigenvalue weighted by Crippen LogP contribution is -2.43. The van der Waals surface area contributed by atoms with E-state index in [1.165, 1.54) is 0 Å². The number of ether oxygens (including phenoxy) is 1. The van der Waals surface area contributed by atoms with Crippen LogP contribution in [0.15, 0.2) is 42.7 Å². The molecule has 2 aromatic heterocycles. The molecule has 2 N–H and O–H groups in total. The van der Waals surface area contributed by atoms with Crippen LogP contribution >= 0.6 is 0 Å². The highest BCUT2D eigenvalue weighted by Gasteiger charge is 2.36. The molecule has 0 bridgehead atoms. The molecule has 3 heterocycles. The second-order valence-corrected chi connectivity index (χ2v) is 8.66. The maximum absolute atomic E-state index is 11.0. The lowest BCUT2D eigenvalue weighted by molar-refractivity contribution is 0.0626. The standard InChI is InChI=1S/C24H32N6O2/c1-18-13-23(27-17-26-18)29-9-8-24(31,16-29)15-25-14-21-4-6-22(7-5-21)32-11-10-30-20(3)12-19(2)28-30/h4-7,12-13,17,25,31H,8-11,14-16H2,1-3H3. The molecule has 1 aliphatic rings. The van der Waals surface area contributed by atoms with E-state index in [2.05, 4.69) is 50.4 Å². The van der Waals surface area contributed by atoms with E-state index in [1.54, 1.807) is 6.33 Å². The zero-order valence-corrected chi connectivity index (χ0v) is 19.1. The molecule has 0 saturated carbocycles. The Balaban J connectivity index is 1.20. The molecule has 170 valence electrons. The van der Waals surface area contributed by atoms with Crippen LogP contribution in [0.3, 0.4) is 0 Å². The Kier molecular flexibility index (Phi) is 6.72. The predicted molar refractivity (Wildman–Crippen MR) is 124 cm³/mol. The summed E-state index contributed by atoms with van der Waals surface area (Å²) in [6.45, 7) is 9.90. The van der Waals surface area contributed by atoms with Gasteiger partial charge in [-0.2, -0.15) is 5.10 Å². The normalized spacial score (nSPS) is 18.3. The van der Waals surface area contributed by atoms with Crippen molar-refractivity contribution in [2.75, 3.05) is 31.1 Å². The van der Waals surface area contributed by atoms with Crippen LogP contribution in [0.25, 0.3) is 0 Å². The van der Waals surface area contributed by atoms with Crippen molar-refractivity contribution < 1.29 is 9.84 Å². The number of β-amino-alcohol motifs (C(OH)–C–C–N with tert-alkyl or cyclic N) is 1. The number of rotatable bonds is 9. The maximum Gasteiger partial charge on any atom is 0.132 e. The van der Waals surface area contributed by atoms with E-state index in [1.807, 2.05) is 36.7 Å². The molecule has 1 atom stereocenters. The first-order valence-corrected chi connectivity index (χ1v) is 11.1. The summed E-state index contributed by atoms with van der Waals surface area (Å²) in [5.74, 6) is 1.72. The summed E-state index contributed by atoms with van der Waals surface area (Å²) in [4.78, 5) is 10.6. The summed E-state index contributed by atoms with van der Waals surface area (Å²) >= 11 is 0. The smallest absolute Gasteiger partial charge is 0.132 e.